The number of carbonyl (C=O) groups is 1. The number of rotatable bonds is 55. The number of allylic oxidation sites excluding steroid dienone is 19. The molecule has 0 radical (unpaired) electrons. The van der Waals surface area contributed by atoms with Gasteiger partial charge in [-0.2, -0.15) is 0 Å². The summed E-state index contributed by atoms with van der Waals surface area (Å²) in [7, 11) is 0. The summed E-state index contributed by atoms with van der Waals surface area (Å²) in [5.74, 6) is -0.0875. The van der Waals surface area contributed by atoms with Crippen LogP contribution in [0.1, 0.15) is 284 Å². The molecule has 72 heavy (non-hydrogen) atoms. The summed E-state index contributed by atoms with van der Waals surface area (Å²) in [6.45, 7) is 4.19. The molecule has 0 aliphatic rings. The first-order valence-corrected chi connectivity index (χ1v) is 30.7. The first kappa shape index (κ1) is 68.8. The van der Waals surface area contributed by atoms with E-state index >= 15 is 0 Å². The van der Waals surface area contributed by atoms with E-state index in [1.165, 1.54) is 173 Å². The SMILES string of the molecule is CC/C=C\C/C=C\C/C=C\C/C=C\C/C=C\C/C=C\C/C=C\CCCCCCCCCCCC(=O)NC(CO)C(O)/C=C/CC/C=C/CC/C=C/CCCCCCCCCCCCCCCCCCCCC. The van der Waals surface area contributed by atoms with Gasteiger partial charge in [0.1, 0.15) is 0 Å². The van der Waals surface area contributed by atoms with Crippen LogP contribution < -0.4 is 5.32 Å². The molecule has 0 aromatic carbocycles. The number of nitrogens with one attached hydrogen (secondary N) is 1. The largest absolute Gasteiger partial charge is 0.394 e. The van der Waals surface area contributed by atoms with Gasteiger partial charge < -0.3 is 15.5 Å². The molecule has 0 fully saturated rings. The molecule has 0 aromatic heterocycles. The molecule has 0 bridgehead atoms. The molecular weight excluding hydrogens is 879 g/mol. The second-order valence-corrected chi connectivity index (χ2v) is 20.4. The van der Waals surface area contributed by atoms with Crippen LogP contribution in [-0.4, -0.2) is 34.9 Å². The third kappa shape index (κ3) is 57.7. The highest BCUT2D eigenvalue weighted by Gasteiger charge is 2.18. The van der Waals surface area contributed by atoms with E-state index in [0.717, 1.165) is 89.9 Å². The van der Waals surface area contributed by atoms with Crippen LogP contribution in [0.25, 0.3) is 0 Å². The van der Waals surface area contributed by atoms with Crippen molar-refractivity contribution in [2.45, 2.75) is 296 Å². The normalized spacial score (nSPS) is 13.7. The summed E-state index contributed by atoms with van der Waals surface area (Å²) in [6.07, 6.45) is 95.2. The maximum Gasteiger partial charge on any atom is 0.220 e. The lowest BCUT2D eigenvalue weighted by molar-refractivity contribution is -0.123. The Morgan fingerprint density at radius 1 is 0.347 bits per heavy atom. The molecule has 0 saturated carbocycles. The Morgan fingerprint density at radius 2 is 0.625 bits per heavy atom. The molecule has 0 rings (SSSR count). The Balaban J connectivity index is 3.62. The van der Waals surface area contributed by atoms with Gasteiger partial charge in [0.05, 0.1) is 18.8 Å². The maximum atomic E-state index is 12.5. The summed E-state index contributed by atoms with van der Waals surface area (Å²) in [4.78, 5) is 12.5. The van der Waals surface area contributed by atoms with E-state index in [1.807, 2.05) is 6.08 Å². The third-order valence-electron chi connectivity index (χ3n) is 13.4. The van der Waals surface area contributed by atoms with Gasteiger partial charge >= 0.3 is 0 Å². The molecule has 1 amide bonds. The fourth-order valence-corrected chi connectivity index (χ4v) is 8.78. The van der Waals surface area contributed by atoms with Crippen molar-refractivity contribution in [3.63, 3.8) is 0 Å². The number of aliphatic hydroxyl groups excluding tert-OH is 2. The quantitative estimate of drug-likeness (QED) is 0.0420. The van der Waals surface area contributed by atoms with Crippen LogP contribution in [-0.2, 0) is 4.79 Å². The highest BCUT2D eigenvalue weighted by atomic mass is 16.3. The standard InChI is InChI=1S/C68H117NO3/c1-3-5-7-9-11-13-15-17-19-21-23-25-27-29-31-33-34-36-38-40-42-44-46-48-50-52-54-56-58-60-62-64-68(72)69-66(65-70)67(71)63-61-59-57-55-53-51-49-47-45-43-41-39-37-35-32-30-28-26-24-22-20-18-16-14-12-10-8-6-4-2/h5,7,11,13,17,19,23,25,29,31,34,36,40,42,45,47,53,55,61,63,66-67,70-71H,3-4,6,8-10,12,14-16,18,20-22,24,26-28,30,32-33,35,37-39,41,43-44,46,48-52,54,56-60,62,64-65H2,1-2H3,(H,69,72)/b7-5-,13-11-,19-17-,25-23-,31-29-,36-34-,42-40-,47-45+,55-53+,63-61+. The molecule has 0 spiro atoms. The number of unbranched alkanes of at least 4 members (excludes halogenated alkanes) is 30. The Bertz CT molecular complexity index is 1410. The third-order valence-corrected chi connectivity index (χ3v) is 13.4. The van der Waals surface area contributed by atoms with Gasteiger partial charge in [-0.15, -0.1) is 0 Å². The van der Waals surface area contributed by atoms with E-state index in [2.05, 4.69) is 129 Å². The van der Waals surface area contributed by atoms with Crippen molar-refractivity contribution in [2.75, 3.05) is 6.61 Å². The predicted molar refractivity (Wildman–Crippen MR) is 322 cm³/mol. The monoisotopic (exact) mass is 996 g/mol. The molecule has 3 N–H and O–H groups in total. The van der Waals surface area contributed by atoms with Crippen molar-refractivity contribution < 1.29 is 15.0 Å². The first-order valence-electron chi connectivity index (χ1n) is 30.7. The molecule has 2 unspecified atom stereocenters. The van der Waals surface area contributed by atoms with Crippen LogP contribution in [0.15, 0.2) is 122 Å². The predicted octanol–water partition coefficient (Wildman–Crippen LogP) is 20.8. The maximum absolute atomic E-state index is 12.5. The van der Waals surface area contributed by atoms with Gasteiger partial charge in [-0.1, -0.05) is 296 Å². The molecule has 412 valence electrons. The van der Waals surface area contributed by atoms with Gasteiger partial charge in [0.25, 0.3) is 0 Å². The zero-order valence-electron chi connectivity index (χ0n) is 47.4. The molecule has 0 saturated heterocycles. The highest BCUT2D eigenvalue weighted by Crippen LogP contribution is 2.16. The summed E-state index contributed by atoms with van der Waals surface area (Å²) < 4.78 is 0. The van der Waals surface area contributed by atoms with Crippen molar-refractivity contribution in [1.29, 1.82) is 0 Å². The van der Waals surface area contributed by atoms with Gasteiger partial charge in [-0.25, -0.2) is 0 Å². The minimum Gasteiger partial charge on any atom is -0.394 e. The van der Waals surface area contributed by atoms with Gasteiger partial charge in [0.2, 0.25) is 5.91 Å². The van der Waals surface area contributed by atoms with Crippen LogP contribution >= 0.6 is 0 Å². The van der Waals surface area contributed by atoms with E-state index in [0.29, 0.717) is 6.42 Å². The molecule has 0 aliphatic heterocycles. The van der Waals surface area contributed by atoms with E-state index in [9.17, 15) is 15.0 Å². The molecular formula is C68H117NO3. The smallest absolute Gasteiger partial charge is 0.220 e. The average Bonchev–Trinajstić information content (AvgIpc) is 3.39. The van der Waals surface area contributed by atoms with Gasteiger partial charge in [-0.3, -0.25) is 4.79 Å². The Labute approximate surface area is 448 Å². The number of hydrogen-bond donors (Lipinski definition) is 3. The number of carbonyl (C=O) groups excluding carboxylic acids is 1. The summed E-state index contributed by atoms with van der Waals surface area (Å²) in [5.41, 5.74) is 0. The number of amides is 1. The zero-order valence-corrected chi connectivity index (χ0v) is 47.4. The minimum absolute atomic E-state index is 0.0875. The molecule has 0 aliphatic carbocycles. The van der Waals surface area contributed by atoms with Crippen LogP contribution in [0.4, 0.5) is 0 Å². The van der Waals surface area contributed by atoms with Gasteiger partial charge in [0.15, 0.2) is 0 Å². The van der Waals surface area contributed by atoms with Gasteiger partial charge in [-0.05, 0) is 103 Å². The van der Waals surface area contributed by atoms with Crippen LogP contribution in [0, 0.1) is 0 Å². The van der Waals surface area contributed by atoms with E-state index < -0.39 is 12.1 Å². The Morgan fingerprint density at radius 3 is 0.972 bits per heavy atom. The van der Waals surface area contributed by atoms with Crippen molar-refractivity contribution in [3.05, 3.63) is 122 Å². The summed E-state index contributed by atoms with van der Waals surface area (Å²) >= 11 is 0. The van der Waals surface area contributed by atoms with Crippen molar-refractivity contribution in [2.24, 2.45) is 0 Å². The highest BCUT2D eigenvalue weighted by molar-refractivity contribution is 5.76. The van der Waals surface area contributed by atoms with E-state index in [1.54, 1.807) is 6.08 Å². The Hall–Kier alpha value is -3.21. The van der Waals surface area contributed by atoms with Crippen LogP contribution in [0.2, 0.25) is 0 Å². The number of hydrogen-bond acceptors (Lipinski definition) is 3. The van der Waals surface area contributed by atoms with Crippen LogP contribution in [0.5, 0.6) is 0 Å². The molecule has 0 heterocycles. The van der Waals surface area contributed by atoms with Crippen molar-refractivity contribution in [1.82, 2.24) is 5.32 Å². The molecule has 4 heteroatoms. The molecule has 0 aromatic rings. The first-order chi connectivity index (χ1) is 35.7. The van der Waals surface area contributed by atoms with Crippen molar-refractivity contribution in [3.8, 4) is 0 Å². The lowest BCUT2D eigenvalue weighted by Crippen LogP contribution is -2.45. The molecule has 4 nitrogen and oxygen atoms in total. The zero-order chi connectivity index (χ0) is 52.0. The number of aliphatic hydroxyl groups is 2. The second-order valence-electron chi connectivity index (χ2n) is 20.4. The summed E-state index contributed by atoms with van der Waals surface area (Å²) in [5, 5.41) is 23.2. The van der Waals surface area contributed by atoms with E-state index in [4.69, 9.17) is 0 Å². The Kier molecular flexibility index (Phi) is 59.3. The average molecular weight is 997 g/mol. The summed E-state index contributed by atoms with van der Waals surface area (Å²) in [6, 6.07) is -0.659. The van der Waals surface area contributed by atoms with Gasteiger partial charge in [0, 0.05) is 6.42 Å². The molecule has 2 atom stereocenters. The second kappa shape index (κ2) is 62.1. The topological polar surface area (TPSA) is 69.6 Å². The van der Waals surface area contributed by atoms with E-state index in [-0.39, 0.29) is 12.5 Å². The van der Waals surface area contributed by atoms with Crippen molar-refractivity contribution >= 4 is 5.91 Å². The minimum atomic E-state index is -0.883. The lowest BCUT2D eigenvalue weighted by atomic mass is 10.0. The fourth-order valence-electron chi connectivity index (χ4n) is 8.78. The fraction of sp³-hybridized carbons (Fsp3) is 0.691. The van der Waals surface area contributed by atoms with Crippen LogP contribution in [0.3, 0.4) is 0 Å². The lowest BCUT2D eigenvalue weighted by Gasteiger charge is -2.19.